The van der Waals surface area contributed by atoms with Gasteiger partial charge in [-0.3, -0.25) is 18.6 Å². The summed E-state index contributed by atoms with van der Waals surface area (Å²) in [4.78, 5) is 34.9. The van der Waals surface area contributed by atoms with E-state index in [2.05, 4.69) is 111 Å². The van der Waals surface area contributed by atoms with Crippen molar-refractivity contribution in [2.24, 2.45) is 5.73 Å². The van der Waals surface area contributed by atoms with Gasteiger partial charge >= 0.3 is 19.8 Å². The molecule has 0 radical (unpaired) electrons. The van der Waals surface area contributed by atoms with Gasteiger partial charge in [-0.2, -0.15) is 0 Å². The lowest BCUT2D eigenvalue weighted by molar-refractivity contribution is -0.161. The molecule has 0 aliphatic heterocycles. The first-order chi connectivity index (χ1) is 30.3. The first-order valence-electron chi connectivity index (χ1n) is 24.2. The molecule has 0 aromatic rings. The summed E-state index contributed by atoms with van der Waals surface area (Å²) in [6.45, 7) is 3.56. The van der Waals surface area contributed by atoms with Crippen LogP contribution < -0.4 is 5.73 Å². The van der Waals surface area contributed by atoms with Crippen LogP contribution in [0.15, 0.2) is 97.2 Å². The molecule has 3 N–H and O–H groups in total. The zero-order valence-corrected chi connectivity index (χ0v) is 40.0. The second kappa shape index (κ2) is 47.4. The maximum Gasteiger partial charge on any atom is 0.472 e. The molecule has 9 nitrogen and oxygen atoms in total. The highest BCUT2D eigenvalue weighted by atomic mass is 31.2. The zero-order valence-electron chi connectivity index (χ0n) is 39.1. The monoisotopic (exact) mass is 886 g/mol. The van der Waals surface area contributed by atoms with Crippen molar-refractivity contribution < 1.29 is 37.6 Å². The summed E-state index contributed by atoms with van der Waals surface area (Å²) >= 11 is 0. The van der Waals surface area contributed by atoms with Crippen LogP contribution in [0.1, 0.15) is 187 Å². The Morgan fingerprint density at radius 2 is 0.887 bits per heavy atom. The maximum absolute atomic E-state index is 12.6. The molecule has 2 unspecified atom stereocenters. The van der Waals surface area contributed by atoms with Gasteiger partial charge in [0.1, 0.15) is 6.61 Å². The molecule has 0 heterocycles. The van der Waals surface area contributed by atoms with Crippen LogP contribution in [0.2, 0.25) is 0 Å². The standard InChI is InChI=1S/C52H88NO8P/c1-3-5-7-9-11-13-15-17-19-20-21-22-23-24-25-26-27-28-29-30-31-33-35-37-39-41-43-45-52(55)61-50(49-60-62(56,57)59-47-46-53)48-58-51(54)44-42-40-38-36-34-32-18-16-14-12-10-8-6-4-2/h5,7,11,13,17,19,21-22,24-25,27-28,30-31,35,37,50H,3-4,6,8-10,12,14-16,18,20,23,26,29,32-34,36,38-49,53H2,1-2H3,(H,56,57)/b7-5-,13-11-,19-17-,22-21-,25-24-,28-27-,31-30-,37-35-. The number of phosphoric ester groups is 1. The summed E-state index contributed by atoms with van der Waals surface area (Å²) in [7, 11) is -4.40. The Balaban J connectivity index is 4.20. The van der Waals surface area contributed by atoms with Gasteiger partial charge in [0, 0.05) is 19.4 Å². The summed E-state index contributed by atoms with van der Waals surface area (Å²) in [5.74, 6) is -0.884. The number of carbonyl (C=O) groups excluding carboxylic acids is 2. The van der Waals surface area contributed by atoms with Gasteiger partial charge < -0.3 is 20.1 Å². The van der Waals surface area contributed by atoms with Gasteiger partial charge in [0.05, 0.1) is 13.2 Å². The summed E-state index contributed by atoms with van der Waals surface area (Å²) in [6.07, 6.45) is 61.6. The van der Waals surface area contributed by atoms with Crippen LogP contribution in [0.5, 0.6) is 0 Å². The molecule has 0 spiro atoms. The van der Waals surface area contributed by atoms with Crippen LogP contribution in [-0.4, -0.2) is 49.3 Å². The van der Waals surface area contributed by atoms with Crippen molar-refractivity contribution in [2.75, 3.05) is 26.4 Å². The van der Waals surface area contributed by atoms with Crippen LogP contribution >= 0.6 is 7.82 Å². The van der Waals surface area contributed by atoms with Crippen molar-refractivity contribution >= 4 is 19.8 Å². The number of esters is 2. The number of ether oxygens (including phenoxy) is 2. The number of rotatable bonds is 44. The number of hydrogen-bond donors (Lipinski definition) is 2. The summed E-state index contributed by atoms with van der Waals surface area (Å²) in [5, 5.41) is 0. The molecular weight excluding hydrogens is 798 g/mol. The van der Waals surface area contributed by atoms with E-state index in [1.807, 2.05) is 0 Å². The average Bonchev–Trinajstić information content (AvgIpc) is 3.26. The molecule has 0 aliphatic rings. The first-order valence-corrected chi connectivity index (χ1v) is 25.7. The molecule has 0 aliphatic carbocycles. The Morgan fingerprint density at radius 3 is 1.32 bits per heavy atom. The third-order valence-electron chi connectivity index (χ3n) is 9.73. The molecule has 0 saturated heterocycles. The van der Waals surface area contributed by atoms with Gasteiger partial charge in [0.2, 0.25) is 0 Å². The van der Waals surface area contributed by atoms with E-state index in [4.69, 9.17) is 24.3 Å². The molecule has 0 fully saturated rings. The highest BCUT2D eigenvalue weighted by molar-refractivity contribution is 7.47. The second-order valence-corrected chi connectivity index (χ2v) is 17.1. The number of phosphoric acid groups is 1. The predicted octanol–water partition coefficient (Wildman–Crippen LogP) is 14.6. The molecule has 0 rings (SSSR count). The van der Waals surface area contributed by atoms with Gasteiger partial charge in [-0.15, -0.1) is 0 Å². The molecule has 62 heavy (non-hydrogen) atoms. The molecule has 10 heteroatoms. The van der Waals surface area contributed by atoms with Crippen LogP contribution in [0.3, 0.4) is 0 Å². The Morgan fingerprint density at radius 1 is 0.500 bits per heavy atom. The Hall–Kier alpha value is -3.07. The molecule has 2 atom stereocenters. The van der Waals surface area contributed by atoms with E-state index < -0.39 is 32.5 Å². The number of allylic oxidation sites excluding steroid dienone is 16. The first kappa shape index (κ1) is 58.9. The third-order valence-corrected chi connectivity index (χ3v) is 10.7. The van der Waals surface area contributed by atoms with Gasteiger partial charge in [0.25, 0.3) is 0 Å². The predicted molar refractivity (Wildman–Crippen MR) is 261 cm³/mol. The van der Waals surface area contributed by atoms with E-state index in [0.717, 1.165) is 83.5 Å². The van der Waals surface area contributed by atoms with Crippen molar-refractivity contribution in [3.63, 3.8) is 0 Å². The fourth-order valence-corrected chi connectivity index (χ4v) is 6.94. The van der Waals surface area contributed by atoms with E-state index in [1.165, 1.54) is 70.6 Å². The Kier molecular flexibility index (Phi) is 45.1. The van der Waals surface area contributed by atoms with Crippen molar-refractivity contribution in [2.45, 2.75) is 193 Å². The van der Waals surface area contributed by atoms with Crippen LogP contribution in [0, 0.1) is 0 Å². The minimum absolute atomic E-state index is 0.0418. The second-order valence-electron chi connectivity index (χ2n) is 15.6. The number of hydrogen-bond acceptors (Lipinski definition) is 8. The molecule has 0 bridgehead atoms. The lowest BCUT2D eigenvalue weighted by Gasteiger charge is -2.19. The topological polar surface area (TPSA) is 134 Å². The maximum atomic E-state index is 12.6. The number of unbranched alkanes of at least 4 members (excludes halogenated alkanes) is 15. The SMILES string of the molecule is CC/C=C\C/C=C\C/C=C\C/C=C\C/C=C\C/C=C\C/C=C\C/C=C\CCCCC(=O)OC(COC(=O)CCCCCCCCCCCCCCCC)COP(=O)(O)OCCN. The van der Waals surface area contributed by atoms with Crippen molar-refractivity contribution in [1.29, 1.82) is 0 Å². The van der Waals surface area contributed by atoms with Crippen molar-refractivity contribution in [3.05, 3.63) is 97.2 Å². The van der Waals surface area contributed by atoms with Crippen molar-refractivity contribution in [3.8, 4) is 0 Å². The average molecular weight is 886 g/mol. The number of nitrogens with two attached hydrogens (primary N) is 1. The van der Waals surface area contributed by atoms with Gasteiger partial charge in [0.15, 0.2) is 6.10 Å². The molecule has 354 valence electrons. The Labute approximate surface area is 378 Å². The fraction of sp³-hybridized carbons (Fsp3) is 0.654. The van der Waals surface area contributed by atoms with Gasteiger partial charge in [-0.05, 0) is 77.0 Å². The zero-order chi connectivity index (χ0) is 45.3. The third kappa shape index (κ3) is 46.4. The molecule has 0 amide bonds. The highest BCUT2D eigenvalue weighted by Crippen LogP contribution is 2.43. The van der Waals surface area contributed by atoms with E-state index in [-0.39, 0.29) is 32.6 Å². The van der Waals surface area contributed by atoms with E-state index in [9.17, 15) is 19.0 Å². The quantitative estimate of drug-likeness (QED) is 0.0265. The van der Waals surface area contributed by atoms with Crippen molar-refractivity contribution in [1.82, 2.24) is 0 Å². The van der Waals surface area contributed by atoms with Gasteiger partial charge in [-0.1, -0.05) is 195 Å². The van der Waals surface area contributed by atoms with Crippen LogP contribution in [0.25, 0.3) is 0 Å². The minimum atomic E-state index is -4.40. The van der Waals surface area contributed by atoms with E-state index in [1.54, 1.807) is 0 Å². The van der Waals surface area contributed by atoms with Crippen LogP contribution in [-0.2, 0) is 32.7 Å². The van der Waals surface area contributed by atoms with Crippen LogP contribution in [0.4, 0.5) is 0 Å². The molecule has 0 aromatic heterocycles. The Bertz CT molecular complexity index is 1330. The summed E-state index contributed by atoms with van der Waals surface area (Å²) < 4.78 is 32.8. The summed E-state index contributed by atoms with van der Waals surface area (Å²) in [5.41, 5.74) is 5.35. The van der Waals surface area contributed by atoms with E-state index >= 15 is 0 Å². The minimum Gasteiger partial charge on any atom is -0.462 e. The fourth-order valence-electron chi connectivity index (χ4n) is 6.18. The molecular formula is C52H88NO8P. The van der Waals surface area contributed by atoms with Gasteiger partial charge in [-0.25, -0.2) is 4.57 Å². The normalized spacial score (nSPS) is 14.1. The largest absolute Gasteiger partial charge is 0.472 e. The summed E-state index contributed by atoms with van der Waals surface area (Å²) in [6, 6.07) is 0. The smallest absolute Gasteiger partial charge is 0.462 e. The molecule has 0 saturated carbocycles. The number of carbonyl (C=O) groups is 2. The lowest BCUT2D eigenvalue weighted by Crippen LogP contribution is -2.29. The molecule has 0 aromatic carbocycles. The van der Waals surface area contributed by atoms with E-state index in [0.29, 0.717) is 6.42 Å². The lowest BCUT2D eigenvalue weighted by atomic mass is 10.0. The highest BCUT2D eigenvalue weighted by Gasteiger charge is 2.26.